The summed E-state index contributed by atoms with van der Waals surface area (Å²) in [6.07, 6.45) is 1.64. The quantitative estimate of drug-likeness (QED) is 0.552. The van der Waals surface area contributed by atoms with Gasteiger partial charge in [0.2, 0.25) is 0 Å². The van der Waals surface area contributed by atoms with Gasteiger partial charge in [0.15, 0.2) is 0 Å². The Morgan fingerprint density at radius 1 is 1.00 bits per heavy atom. The van der Waals surface area contributed by atoms with Crippen LogP contribution in [0.25, 0.3) is 0 Å². The number of halogens is 2. The summed E-state index contributed by atoms with van der Waals surface area (Å²) in [5.41, 5.74) is 0.854. The fraction of sp³-hybridized carbons (Fsp3) is 0.0526. The van der Waals surface area contributed by atoms with E-state index in [1.165, 1.54) is 12.1 Å². The van der Waals surface area contributed by atoms with Gasteiger partial charge in [-0.2, -0.15) is 0 Å². The zero-order valence-corrected chi connectivity index (χ0v) is 15.0. The first-order valence-electron chi connectivity index (χ1n) is 7.98. The van der Waals surface area contributed by atoms with E-state index in [4.69, 9.17) is 16.3 Å². The lowest BCUT2D eigenvalue weighted by molar-refractivity contribution is 0.262. The van der Waals surface area contributed by atoms with Crippen LogP contribution in [-0.4, -0.2) is 18.1 Å². The lowest BCUT2D eigenvalue weighted by Crippen LogP contribution is -2.19. The molecular weight excluding hydrogens is 371 g/mol. The lowest BCUT2D eigenvalue weighted by Gasteiger charge is -2.10. The first-order valence-corrected chi connectivity index (χ1v) is 8.36. The number of carbonyl (C=O) groups is 1. The molecule has 0 spiro atoms. The van der Waals surface area contributed by atoms with Gasteiger partial charge in [0, 0.05) is 30.7 Å². The van der Waals surface area contributed by atoms with Crippen molar-refractivity contribution in [2.75, 3.05) is 23.0 Å². The minimum absolute atomic E-state index is 0.00687. The third-order valence-electron chi connectivity index (χ3n) is 3.51. The van der Waals surface area contributed by atoms with Gasteiger partial charge in [-0.05, 0) is 48.5 Å². The van der Waals surface area contributed by atoms with Crippen molar-refractivity contribution in [1.82, 2.24) is 4.98 Å². The van der Waals surface area contributed by atoms with Gasteiger partial charge in [0.05, 0.1) is 5.02 Å². The Morgan fingerprint density at radius 3 is 2.41 bits per heavy atom. The number of amides is 2. The number of ether oxygens (including phenoxy) is 1. The molecule has 2 aromatic carbocycles. The molecular formula is C19H16ClFN4O2. The zero-order chi connectivity index (χ0) is 19.2. The Balaban J connectivity index is 1.59. The fourth-order valence-electron chi connectivity index (χ4n) is 2.22. The van der Waals surface area contributed by atoms with Gasteiger partial charge in [-0.3, -0.25) is 0 Å². The second-order valence-corrected chi connectivity index (χ2v) is 5.87. The maximum Gasteiger partial charge on any atom is 0.323 e. The minimum atomic E-state index is -0.603. The van der Waals surface area contributed by atoms with Crippen LogP contribution < -0.4 is 20.7 Å². The summed E-state index contributed by atoms with van der Waals surface area (Å²) >= 11 is 5.61. The predicted molar refractivity (Wildman–Crippen MR) is 104 cm³/mol. The highest BCUT2D eigenvalue weighted by Gasteiger charge is 2.06. The van der Waals surface area contributed by atoms with Gasteiger partial charge in [0.1, 0.15) is 23.1 Å². The molecule has 138 valence electrons. The molecule has 0 fully saturated rings. The average molecular weight is 387 g/mol. The number of nitrogens with one attached hydrogen (secondary N) is 3. The molecule has 0 saturated heterocycles. The average Bonchev–Trinajstić information content (AvgIpc) is 2.66. The van der Waals surface area contributed by atoms with E-state index in [9.17, 15) is 9.18 Å². The largest absolute Gasteiger partial charge is 0.457 e. The second-order valence-electron chi connectivity index (χ2n) is 5.46. The number of aromatic nitrogens is 1. The molecule has 0 saturated carbocycles. The maximum atomic E-state index is 13.4. The normalized spacial score (nSPS) is 10.2. The van der Waals surface area contributed by atoms with Crippen LogP contribution >= 0.6 is 11.6 Å². The van der Waals surface area contributed by atoms with Crippen molar-refractivity contribution in [3.05, 3.63) is 71.6 Å². The Morgan fingerprint density at radius 2 is 1.70 bits per heavy atom. The van der Waals surface area contributed by atoms with Crippen LogP contribution in [0.2, 0.25) is 5.02 Å². The molecule has 27 heavy (non-hydrogen) atoms. The van der Waals surface area contributed by atoms with E-state index in [0.717, 1.165) is 6.07 Å². The summed E-state index contributed by atoms with van der Waals surface area (Å²) in [5.74, 6) is 1.33. The van der Waals surface area contributed by atoms with E-state index in [-0.39, 0.29) is 5.02 Å². The minimum Gasteiger partial charge on any atom is -0.457 e. The van der Waals surface area contributed by atoms with Crippen molar-refractivity contribution >= 4 is 34.8 Å². The van der Waals surface area contributed by atoms with Crippen LogP contribution in [0.15, 0.2) is 60.8 Å². The van der Waals surface area contributed by atoms with Gasteiger partial charge in [-0.1, -0.05) is 11.6 Å². The molecule has 1 aromatic heterocycles. The number of pyridine rings is 1. The third kappa shape index (κ3) is 5.08. The second kappa shape index (κ2) is 8.37. The van der Waals surface area contributed by atoms with E-state index < -0.39 is 11.8 Å². The number of hydrogen-bond acceptors (Lipinski definition) is 4. The number of rotatable bonds is 5. The molecule has 0 unspecified atom stereocenters. The van der Waals surface area contributed by atoms with Crippen LogP contribution in [0.4, 0.5) is 26.4 Å². The number of benzene rings is 2. The van der Waals surface area contributed by atoms with Crippen LogP contribution in [0.5, 0.6) is 11.5 Å². The van der Waals surface area contributed by atoms with E-state index in [1.807, 2.05) is 0 Å². The highest BCUT2D eigenvalue weighted by molar-refractivity contribution is 6.30. The molecule has 3 rings (SSSR count). The van der Waals surface area contributed by atoms with Crippen molar-refractivity contribution in [3.8, 4) is 11.5 Å². The van der Waals surface area contributed by atoms with Gasteiger partial charge in [-0.15, -0.1) is 0 Å². The SMILES string of the molecule is CNc1cc(Oc2ccc(NC(=O)Nc3ccc(Cl)c(F)c3)cc2)ccn1. The fourth-order valence-corrected chi connectivity index (χ4v) is 2.34. The van der Waals surface area contributed by atoms with E-state index in [0.29, 0.717) is 28.7 Å². The molecule has 2 amide bonds. The Kier molecular flexibility index (Phi) is 5.73. The predicted octanol–water partition coefficient (Wildman–Crippen LogP) is 5.35. The molecule has 8 heteroatoms. The molecule has 0 aliphatic rings. The van der Waals surface area contributed by atoms with Crippen LogP contribution in [0.1, 0.15) is 0 Å². The van der Waals surface area contributed by atoms with Crippen LogP contribution in [0.3, 0.4) is 0 Å². The molecule has 0 aliphatic heterocycles. The number of urea groups is 1. The monoisotopic (exact) mass is 386 g/mol. The number of nitrogens with zero attached hydrogens (tertiary/aromatic N) is 1. The molecule has 1 heterocycles. The summed E-state index contributed by atoms with van der Waals surface area (Å²) in [5, 5.41) is 8.11. The lowest BCUT2D eigenvalue weighted by atomic mass is 10.3. The molecule has 0 aliphatic carbocycles. The van der Waals surface area contributed by atoms with Gasteiger partial charge in [-0.25, -0.2) is 14.2 Å². The molecule has 0 atom stereocenters. The van der Waals surface area contributed by atoms with Gasteiger partial charge < -0.3 is 20.7 Å². The molecule has 3 aromatic rings. The van der Waals surface area contributed by atoms with Crippen molar-refractivity contribution in [2.45, 2.75) is 0 Å². The van der Waals surface area contributed by atoms with E-state index in [1.54, 1.807) is 49.6 Å². The first kappa shape index (κ1) is 18.5. The van der Waals surface area contributed by atoms with Gasteiger partial charge in [0.25, 0.3) is 0 Å². The summed E-state index contributed by atoms with van der Waals surface area (Å²) in [6.45, 7) is 0. The molecule has 3 N–H and O–H groups in total. The summed E-state index contributed by atoms with van der Waals surface area (Å²) in [6, 6.07) is 13.9. The number of anilines is 3. The van der Waals surface area contributed by atoms with Crippen molar-refractivity contribution in [3.63, 3.8) is 0 Å². The van der Waals surface area contributed by atoms with Gasteiger partial charge >= 0.3 is 6.03 Å². The highest BCUT2D eigenvalue weighted by Crippen LogP contribution is 2.24. The van der Waals surface area contributed by atoms with E-state index in [2.05, 4.69) is 20.9 Å². The summed E-state index contributed by atoms with van der Waals surface area (Å²) < 4.78 is 19.1. The molecule has 6 nitrogen and oxygen atoms in total. The maximum absolute atomic E-state index is 13.4. The Hall–Kier alpha value is -3.32. The third-order valence-corrected chi connectivity index (χ3v) is 3.82. The van der Waals surface area contributed by atoms with Crippen molar-refractivity contribution in [1.29, 1.82) is 0 Å². The topological polar surface area (TPSA) is 75.3 Å². The summed E-state index contributed by atoms with van der Waals surface area (Å²) in [7, 11) is 1.77. The smallest absolute Gasteiger partial charge is 0.323 e. The molecule has 0 bridgehead atoms. The Labute approximate surface area is 160 Å². The van der Waals surface area contributed by atoms with E-state index >= 15 is 0 Å². The molecule has 0 radical (unpaired) electrons. The Bertz CT molecular complexity index is 951. The van der Waals surface area contributed by atoms with Crippen LogP contribution in [0, 0.1) is 5.82 Å². The van der Waals surface area contributed by atoms with Crippen LogP contribution in [-0.2, 0) is 0 Å². The van der Waals surface area contributed by atoms with Crippen molar-refractivity contribution < 1.29 is 13.9 Å². The zero-order valence-electron chi connectivity index (χ0n) is 14.3. The number of carbonyl (C=O) groups excluding carboxylic acids is 1. The number of hydrogen-bond donors (Lipinski definition) is 3. The standard InChI is InChI=1S/C19H16ClFN4O2/c1-22-18-11-15(8-9-23-18)27-14-5-2-12(3-6-14)24-19(26)25-13-4-7-16(20)17(21)10-13/h2-11H,1H3,(H,22,23)(H2,24,25,26). The summed E-state index contributed by atoms with van der Waals surface area (Å²) in [4.78, 5) is 16.1. The van der Waals surface area contributed by atoms with Crippen molar-refractivity contribution in [2.24, 2.45) is 0 Å². The highest BCUT2D eigenvalue weighted by atomic mass is 35.5. The first-order chi connectivity index (χ1) is 13.0.